The van der Waals surface area contributed by atoms with Gasteiger partial charge in [0.1, 0.15) is 5.69 Å². The number of benzene rings is 3. The van der Waals surface area contributed by atoms with Crippen LogP contribution in [0.3, 0.4) is 0 Å². The van der Waals surface area contributed by atoms with Gasteiger partial charge >= 0.3 is 0 Å². The van der Waals surface area contributed by atoms with E-state index in [1.54, 1.807) is 14.1 Å². The number of nitrogens with one attached hydrogen (secondary N) is 1. The predicted octanol–water partition coefficient (Wildman–Crippen LogP) is 4.80. The molecular weight excluding hydrogens is 346 g/mol. The lowest BCUT2D eigenvalue weighted by molar-refractivity contribution is -0.116. The van der Waals surface area contributed by atoms with Crippen molar-refractivity contribution in [1.82, 2.24) is 0 Å². The Labute approximate surface area is 157 Å². The molecule has 0 heterocycles. The van der Waals surface area contributed by atoms with Crippen LogP contribution >= 0.6 is 0 Å². The lowest BCUT2D eigenvalue weighted by Gasteiger charge is -2.19. The summed E-state index contributed by atoms with van der Waals surface area (Å²) in [5.41, 5.74) is 1.53. The van der Waals surface area contributed by atoms with E-state index in [4.69, 9.17) is 0 Å². The number of carbonyl (C=O) groups excluding carboxylic acids is 1. The molecule has 1 amide bonds. The molecule has 0 aromatic heterocycles. The Bertz CT molecular complexity index is 865. The minimum absolute atomic E-state index is 0.0810. The van der Waals surface area contributed by atoms with Gasteiger partial charge in [0, 0.05) is 19.8 Å². The molecule has 0 saturated heterocycles. The summed E-state index contributed by atoms with van der Waals surface area (Å²) in [6.45, 7) is 0. The highest BCUT2D eigenvalue weighted by Crippen LogP contribution is 2.29. The zero-order valence-corrected chi connectivity index (χ0v) is 15.1. The molecule has 0 spiro atoms. The molecule has 3 aromatic rings. The molecule has 138 valence electrons. The van der Waals surface area contributed by atoms with Gasteiger partial charge in [0.15, 0.2) is 11.6 Å². The highest BCUT2D eigenvalue weighted by Gasteiger charge is 2.23. The number of hydrogen-bond donors (Lipinski definition) is 1. The van der Waals surface area contributed by atoms with Crippen molar-refractivity contribution in [1.29, 1.82) is 0 Å². The van der Waals surface area contributed by atoms with E-state index in [1.807, 2.05) is 60.7 Å². The number of nitrogens with zero attached hydrogens (tertiary/aromatic N) is 1. The fraction of sp³-hybridized carbons (Fsp3) is 0.136. The van der Waals surface area contributed by atoms with Crippen LogP contribution in [0.5, 0.6) is 0 Å². The summed E-state index contributed by atoms with van der Waals surface area (Å²) >= 11 is 0. The Morgan fingerprint density at radius 2 is 1.30 bits per heavy atom. The van der Waals surface area contributed by atoms with E-state index in [0.717, 1.165) is 23.3 Å². The third-order valence-corrected chi connectivity index (χ3v) is 4.26. The van der Waals surface area contributed by atoms with Crippen LogP contribution in [0.1, 0.15) is 17.0 Å². The van der Waals surface area contributed by atoms with Crippen molar-refractivity contribution >= 4 is 17.3 Å². The van der Waals surface area contributed by atoms with Gasteiger partial charge in [0.2, 0.25) is 5.91 Å². The van der Waals surface area contributed by atoms with Gasteiger partial charge in [-0.05, 0) is 23.3 Å². The van der Waals surface area contributed by atoms with Crippen molar-refractivity contribution in [2.24, 2.45) is 0 Å². The maximum atomic E-state index is 14.2. The topological polar surface area (TPSA) is 32.3 Å². The molecule has 0 bridgehead atoms. The second-order valence-electron chi connectivity index (χ2n) is 6.43. The number of amides is 1. The number of halogens is 2. The van der Waals surface area contributed by atoms with Gasteiger partial charge in [0.25, 0.3) is 0 Å². The van der Waals surface area contributed by atoms with Crippen molar-refractivity contribution in [2.75, 3.05) is 24.3 Å². The van der Waals surface area contributed by atoms with Crippen LogP contribution < -0.4 is 10.2 Å². The van der Waals surface area contributed by atoms with Crippen LogP contribution in [-0.2, 0) is 4.79 Å². The fourth-order valence-electron chi connectivity index (χ4n) is 3.07. The largest absolute Gasteiger partial charge is 0.373 e. The van der Waals surface area contributed by atoms with Crippen LogP contribution in [0.25, 0.3) is 0 Å². The molecule has 0 fully saturated rings. The Balaban J connectivity index is 1.94. The van der Waals surface area contributed by atoms with Crippen molar-refractivity contribution in [3.8, 4) is 0 Å². The number of carbonyl (C=O) groups is 1. The third-order valence-electron chi connectivity index (χ3n) is 4.26. The third kappa shape index (κ3) is 4.14. The highest BCUT2D eigenvalue weighted by molar-refractivity contribution is 5.98. The number of rotatable bonds is 5. The van der Waals surface area contributed by atoms with Crippen molar-refractivity contribution in [2.45, 2.75) is 5.92 Å². The molecule has 0 atom stereocenters. The maximum absolute atomic E-state index is 14.2. The Morgan fingerprint density at radius 3 is 1.70 bits per heavy atom. The first-order chi connectivity index (χ1) is 13.0. The second kappa shape index (κ2) is 7.99. The van der Waals surface area contributed by atoms with Crippen molar-refractivity contribution in [3.05, 3.63) is 95.6 Å². The smallest absolute Gasteiger partial charge is 0.236 e. The molecule has 3 nitrogen and oxygen atoms in total. The molecule has 0 radical (unpaired) electrons. The Kier molecular flexibility index (Phi) is 5.50. The summed E-state index contributed by atoms with van der Waals surface area (Å²) in [5, 5.41) is 2.65. The van der Waals surface area contributed by atoms with Gasteiger partial charge in [-0.3, -0.25) is 4.79 Å². The van der Waals surface area contributed by atoms with Crippen molar-refractivity contribution in [3.63, 3.8) is 0 Å². The first-order valence-electron chi connectivity index (χ1n) is 8.54. The highest BCUT2D eigenvalue weighted by atomic mass is 19.1. The van der Waals surface area contributed by atoms with Crippen LogP contribution in [0.4, 0.5) is 20.2 Å². The average Bonchev–Trinajstić information content (AvgIpc) is 2.62. The van der Waals surface area contributed by atoms with E-state index in [9.17, 15) is 13.6 Å². The summed E-state index contributed by atoms with van der Waals surface area (Å²) in [6, 6.07) is 20.8. The number of anilines is 2. The molecule has 0 aliphatic heterocycles. The quantitative estimate of drug-likeness (QED) is 0.703. The van der Waals surface area contributed by atoms with Crippen LogP contribution in [0.15, 0.2) is 72.8 Å². The minimum Gasteiger partial charge on any atom is -0.373 e. The Morgan fingerprint density at radius 1 is 0.852 bits per heavy atom. The molecular formula is C22H20F2N2O. The van der Waals surface area contributed by atoms with Gasteiger partial charge in [0.05, 0.1) is 5.92 Å². The second-order valence-corrected chi connectivity index (χ2v) is 6.43. The summed E-state index contributed by atoms with van der Waals surface area (Å²) in [6.07, 6.45) is 0. The van der Waals surface area contributed by atoms with Crippen LogP contribution in [0.2, 0.25) is 0 Å². The normalized spacial score (nSPS) is 10.7. The van der Waals surface area contributed by atoms with Gasteiger partial charge in [-0.15, -0.1) is 0 Å². The molecule has 3 rings (SSSR count). The lowest BCUT2D eigenvalue weighted by atomic mass is 9.90. The molecule has 0 unspecified atom stereocenters. The lowest BCUT2D eigenvalue weighted by Crippen LogP contribution is -2.22. The summed E-state index contributed by atoms with van der Waals surface area (Å²) in [5.74, 6) is -2.41. The standard InChI is InChI=1S/C22H20F2N2O/c1-26(2)21-18(23)13-17(14-19(21)24)25-22(27)20(15-9-5-3-6-10-15)16-11-7-4-8-12-16/h3-14,20H,1-2H3,(H,25,27). The predicted molar refractivity (Wildman–Crippen MR) is 104 cm³/mol. The van der Waals surface area contributed by atoms with E-state index in [0.29, 0.717) is 0 Å². The zero-order chi connectivity index (χ0) is 19.4. The first-order valence-corrected chi connectivity index (χ1v) is 8.54. The summed E-state index contributed by atoms with van der Waals surface area (Å²) in [4.78, 5) is 14.3. The Hall–Kier alpha value is -3.21. The number of hydrogen-bond acceptors (Lipinski definition) is 2. The average molecular weight is 366 g/mol. The van der Waals surface area contributed by atoms with Crippen LogP contribution in [0, 0.1) is 11.6 Å². The molecule has 0 aliphatic carbocycles. The zero-order valence-electron chi connectivity index (χ0n) is 15.1. The summed E-state index contributed by atoms with van der Waals surface area (Å²) in [7, 11) is 3.11. The molecule has 0 saturated carbocycles. The summed E-state index contributed by atoms with van der Waals surface area (Å²) < 4.78 is 28.5. The van der Waals surface area contributed by atoms with E-state index >= 15 is 0 Å². The van der Waals surface area contributed by atoms with Gasteiger partial charge in [-0.2, -0.15) is 0 Å². The molecule has 1 N–H and O–H groups in total. The maximum Gasteiger partial charge on any atom is 0.236 e. The minimum atomic E-state index is -0.730. The van der Waals surface area contributed by atoms with E-state index in [-0.39, 0.29) is 17.3 Å². The SMILES string of the molecule is CN(C)c1c(F)cc(NC(=O)C(c2ccccc2)c2ccccc2)cc1F. The van der Waals surface area contributed by atoms with E-state index < -0.39 is 17.6 Å². The molecule has 3 aromatic carbocycles. The van der Waals surface area contributed by atoms with Gasteiger partial charge in [-0.25, -0.2) is 8.78 Å². The fourth-order valence-corrected chi connectivity index (χ4v) is 3.07. The van der Waals surface area contributed by atoms with Gasteiger partial charge in [-0.1, -0.05) is 60.7 Å². The first kappa shape index (κ1) is 18.6. The van der Waals surface area contributed by atoms with E-state index in [1.165, 1.54) is 4.90 Å². The molecule has 0 aliphatic rings. The van der Waals surface area contributed by atoms with Crippen molar-refractivity contribution < 1.29 is 13.6 Å². The van der Waals surface area contributed by atoms with Crippen LogP contribution in [-0.4, -0.2) is 20.0 Å². The molecule has 27 heavy (non-hydrogen) atoms. The monoisotopic (exact) mass is 366 g/mol. The molecule has 5 heteroatoms. The van der Waals surface area contributed by atoms with E-state index in [2.05, 4.69) is 5.32 Å². The van der Waals surface area contributed by atoms with Gasteiger partial charge < -0.3 is 10.2 Å².